The van der Waals surface area contributed by atoms with E-state index in [1.807, 2.05) is 24.3 Å². The number of likely N-dealkylation sites (N-methyl/N-ethyl adjacent to an activating group) is 1. The fourth-order valence-corrected chi connectivity index (χ4v) is 2.45. The summed E-state index contributed by atoms with van der Waals surface area (Å²) in [6.45, 7) is 6.29. The molecule has 0 radical (unpaired) electrons. The van der Waals surface area contributed by atoms with Gasteiger partial charge in [-0.25, -0.2) is 0 Å². The molecule has 1 rings (SSSR count). The molecule has 0 aromatic heterocycles. The first kappa shape index (κ1) is 15.0. The third-order valence-corrected chi connectivity index (χ3v) is 3.70. The highest BCUT2D eigenvalue weighted by molar-refractivity contribution is 8.03. The van der Waals surface area contributed by atoms with Gasteiger partial charge in [-0.05, 0) is 49.0 Å². The van der Waals surface area contributed by atoms with E-state index in [-0.39, 0.29) is 12.6 Å². The van der Waals surface area contributed by atoms with Crippen LogP contribution < -0.4 is 0 Å². The first-order chi connectivity index (χ1) is 8.74. The van der Waals surface area contributed by atoms with Gasteiger partial charge < -0.3 is 5.11 Å². The third-order valence-electron chi connectivity index (χ3n) is 3.10. The van der Waals surface area contributed by atoms with Crippen LogP contribution in [-0.4, -0.2) is 35.7 Å². The molecular formula is C14H20N2OS. The number of nitriles is 1. The predicted molar refractivity (Wildman–Crippen MR) is 75.4 cm³/mol. The van der Waals surface area contributed by atoms with Gasteiger partial charge in [0, 0.05) is 10.9 Å². The maximum absolute atomic E-state index is 9.47. The Morgan fingerprint density at radius 1 is 1.28 bits per heavy atom. The first-order valence-corrected chi connectivity index (χ1v) is 7.06. The second kappa shape index (κ2) is 8.15. The van der Waals surface area contributed by atoms with Crippen LogP contribution in [-0.2, 0) is 6.42 Å². The number of benzene rings is 1. The average Bonchev–Trinajstić information content (AvgIpc) is 2.41. The van der Waals surface area contributed by atoms with E-state index in [0.717, 1.165) is 24.4 Å². The minimum Gasteiger partial charge on any atom is -0.395 e. The molecule has 3 nitrogen and oxygen atoms in total. The van der Waals surface area contributed by atoms with Crippen LogP contribution in [0.3, 0.4) is 0 Å². The van der Waals surface area contributed by atoms with Gasteiger partial charge in [-0.2, -0.15) is 5.26 Å². The van der Waals surface area contributed by atoms with Gasteiger partial charge in [0.15, 0.2) is 0 Å². The normalized spacial score (nSPS) is 12.4. The Bertz CT molecular complexity index is 382. The van der Waals surface area contributed by atoms with Gasteiger partial charge >= 0.3 is 0 Å². The molecule has 0 saturated heterocycles. The third kappa shape index (κ3) is 4.34. The molecule has 98 valence electrons. The molecule has 0 saturated carbocycles. The molecule has 1 aromatic carbocycles. The number of aliphatic hydroxyl groups excluding tert-OH is 1. The summed E-state index contributed by atoms with van der Waals surface area (Å²) >= 11 is 1.17. The molecule has 4 heteroatoms. The number of thiocyanates is 1. The van der Waals surface area contributed by atoms with E-state index in [9.17, 15) is 5.11 Å². The van der Waals surface area contributed by atoms with Crippen molar-refractivity contribution in [2.24, 2.45) is 0 Å². The van der Waals surface area contributed by atoms with Gasteiger partial charge in [0.05, 0.1) is 6.61 Å². The maximum Gasteiger partial charge on any atom is 0.138 e. The van der Waals surface area contributed by atoms with Crippen LogP contribution in [0.25, 0.3) is 0 Å². The SMILES string of the molecule is CCN(CC)C(CO)Cc1ccc(SC#N)cc1. The van der Waals surface area contributed by atoms with E-state index in [1.165, 1.54) is 17.3 Å². The van der Waals surface area contributed by atoms with Crippen molar-refractivity contribution in [1.29, 1.82) is 5.26 Å². The van der Waals surface area contributed by atoms with Crippen LogP contribution in [0.15, 0.2) is 29.2 Å². The lowest BCUT2D eigenvalue weighted by Gasteiger charge is -2.28. The second-order valence-electron chi connectivity index (χ2n) is 4.10. The molecule has 1 atom stereocenters. The molecule has 0 heterocycles. The second-order valence-corrected chi connectivity index (χ2v) is 4.96. The summed E-state index contributed by atoms with van der Waals surface area (Å²) in [6.07, 6.45) is 0.843. The fourth-order valence-electron chi connectivity index (χ4n) is 2.07. The molecule has 1 N–H and O–H groups in total. The van der Waals surface area contributed by atoms with Crippen LogP contribution in [0.4, 0.5) is 0 Å². The van der Waals surface area contributed by atoms with Crippen molar-refractivity contribution in [3.63, 3.8) is 0 Å². The van der Waals surface area contributed by atoms with Crippen molar-refractivity contribution in [3.8, 4) is 5.40 Å². The molecule has 0 aliphatic carbocycles. The summed E-state index contributed by atoms with van der Waals surface area (Å²) in [5, 5.41) is 20.1. The molecule has 0 fully saturated rings. The van der Waals surface area contributed by atoms with Crippen molar-refractivity contribution in [3.05, 3.63) is 29.8 Å². The summed E-state index contributed by atoms with van der Waals surface area (Å²) < 4.78 is 0. The quantitative estimate of drug-likeness (QED) is 0.607. The zero-order chi connectivity index (χ0) is 13.4. The standard InChI is InChI=1S/C14H20N2OS/c1-3-16(4-2)13(10-17)9-12-5-7-14(8-6-12)18-11-15/h5-8,13,17H,3-4,9-10H2,1-2H3. The molecule has 1 aromatic rings. The summed E-state index contributed by atoms with van der Waals surface area (Å²) in [6, 6.07) is 8.16. The first-order valence-electron chi connectivity index (χ1n) is 6.24. The topological polar surface area (TPSA) is 47.3 Å². The van der Waals surface area contributed by atoms with E-state index in [4.69, 9.17) is 5.26 Å². The Kier molecular flexibility index (Phi) is 6.81. The van der Waals surface area contributed by atoms with Crippen molar-refractivity contribution in [2.45, 2.75) is 31.2 Å². The van der Waals surface area contributed by atoms with Crippen molar-refractivity contribution in [2.75, 3.05) is 19.7 Å². The molecule has 0 amide bonds. The summed E-state index contributed by atoms with van der Waals surface area (Å²) in [5.74, 6) is 0. The Balaban J connectivity index is 2.67. The van der Waals surface area contributed by atoms with Crippen LogP contribution in [0.1, 0.15) is 19.4 Å². The van der Waals surface area contributed by atoms with E-state index in [0.29, 0.717) is 0 Å². The Morgan fingerprint density at radius 2 is 1.89 bits per heavy atom. The lowest BCUT2D eigenvalue weighted by atomic mass is 10.1. The highest BCUT2D eigenvalue weighted by atomic mass is 32.2. The summed E-state index contributed by atoms with van der Waals surface area (Å²) in [4.78, 5) is 3.22. The van der Waals surface area contributed by atoms with Gasteiger partial charge in [0.1, 0.15) is 5.40 Å². The van der Waals surface area contributed by atoms with Crippen molar-refractivity contribution < 1.29 is 5.11 Å². The van der Waals surface area contributed by atoms with E-state index < -0.39 is 0 Å². The van der Waals surface area contributed by atoms with Gasteiger partial charge in [0.25, 0.3) is 0 Å². The monoisotopic (exact) mass is 264 g/mol. The highest BCUT2D eigenvalue weighted by Gasteiger charge is 2.14. The summed E-state index contributed by atoms with van der Waals surface area (Å²) in [7, 11) is 0. The van der Waals surface area contributed by atoms with Crippen LogP contribution in [0, 0.1) is 10.7 Å². The minimum absolute atomic E-state index is 0.175. The largest absolute Gasteiger partial charge is 0.395 e. The summed E-state index contributed by atoms with van der Waals surface area (Å²) in [5.41, 5.74) is 1.20. The Hall–Kier alpha value is -1.02. The number of rotatable bonds is 7. The van der Waals surface area contributed by atoms with Crippen molar-refractivity contribution in [1.82, 2.24) is 4.90 Å². The fraction of sp³-hybridized carbons (Fsp3) is 0.500. The van der Waals surface area contributed by atoms with E-state index in [1.54, 1.807) is 0 Å². The van der Waals surface area contributed by atoms with Crippen LogP contribution >= 0.6 is 11.8 Å². The van der Waals surface area contributed by atoms with Crippen LogP contribution in [0.2, 0.25) is 0 Å². The smallest absolute Gasteiger partial charge is 0.138 e. The molecule has 0 aliphatic rings. The molecule has 0 spiro atoms. The van der Waals surface area contributed by atoms with E-state index >= 15 is 0 Å². The number of hydrogen-bond acceptors (Lipinski definition) is 4. The molecule has 18 heavy (non-hydrogen) atoms. The predicted octanol–water partition coefficient (Wildman–Crippen LogP) is 2.50. The number of aliphatic hydroxyl groups is 1. The number of thioether (sulfide) groups is 1. The average molecular weight is 264 g/mol. The van der Waals surface area contributed by atoms with E-state index in [2.05, 4.69) is 24.1 Å². The number of nitrogens with zero attached hydrogens (tertiary/aromatic N) is 2. The molecular weight excluding hydrogens is 244 g/mol. The van der Waals surface area contributed by atoms with Crippen molar-refractivity contribution >= 4 is 11.8 Å². The van der Waals surface area contributed by atoms with Gasteiger partial charge in [-0.1, -0.05) is 26.0 Å². The molecule has 0 bridgehead atoms. The zero-order valence-corrected chi connectivity index (χ0v) is 11.8. The zero-order valence-electron chi connectivity index (χ0n) is 11.0. The number of hydrogen-bond donors (Lipinski definition) is 1. The molecule has 1 unspecified atom stereocenters. The lowest BCUT2D eigenvalue weighted by Crippen LogP contribution is -2.39. The Labute approximate surface area is 113 Å². The van der Waals surface area contributed by atoms with Gasteiger partial charge in [0.2, 0.25) is 0 Å². The minimum atomic E-state index is 0.175. The highest BCUT2D eigenvalue weighted by Crippen LogP contribution is 2.18. The Morgan fingerprint density at radius 3 is 2.33 bits per heavy atom. The van der Waals surface area contributed by atoms with Gasteiger partial charge in [-0.15, -0.1) is 0 Å². The van der Waals surface area contributed by atoms with Gasteiger partial charge in [-0.3, -0.25) is 4.90 Å². The molecule has 0 aliphatic heterocycles. The van der Waals surface area contributed by atoms with Crippen LogP contribution in [0.5, 0.6) is 0 Å². The maximum atomic E-state index is 9.47. The lowest BCUT2D eigenvalue weighted by molar-refractivity contribution is 0.133.